The minimum atomic E-state index is -3.57. The zero-order chi connectivity index (χ0) is 17.6. The van der Waals surface area contributed by atoms with E-state index in [1.54, 1.807) is 18.3 Å². The van der Waals surface area contributed by atoms with E-state index >= 15 is 0 Å². The lowest BCUT2D eigenvalue weighted by Gasteiger charge is -2.09. The van der Waals surface area contributed by atoms with Crippen LogP contribution in [0.4, 0.5) is 0 Å². The van der Waals surface area contributed by atoms with Crippen molar-refractivity contribution in [3.8, 4) is 0 Å². The van der Waals surface area contributed by atoms with Gasteiger partial charge in [0.1, 0.15) is 0 Å². The standard InChI is InChI=1S/C17H21N3O3S/c1-13-7-14(2)9-15(8-13)12-24(22,23)20-11-17(21)19-10-16-5-3-4-6-18-16/h3-9,20H,10-12H2,1-2H3,(H,19,21). The Morgan fingerprint density at radius 2 is 1.83 bits per heavy atom. The molecule has 128 valence electrons. The van der Waals surface area contributed by atoms with Gasteiger partial charge in [-0.1, -0.05) is 35.4 Å². The average molecular weight is 347 g/mol. The highest BCUT2D eigenvalue weighted by atomic mass is 32.2. The van der Waals surface area contributed by atoms with Crippen LogP contribution in [0.15, 0.2) is 42.6 Å². The number of nitrogens with zero attached hydrogens (tertiary/aromatic N) is 1. The quantitative estimate of drug-likeness (QED) is 0.793. The fourth-order valence-corrected chi connectivity index (χ4v) is 3.41. The maximum atomic E-state index is 12.1. The molecule has 2 rings (SSSR count). The highest BCUT2D eigenvalue weighted by Crippen LogP contribution is 2.11. The zero-order valence-electron chi connectivity index (χ0n) is 13.7. The molecule has 0 atom stereocenters. The number of carbonyl (C=O) groups excluding carboxylic acids is 1. The monoisotopic (exact) mass is 347 g/mol. The minimum absolute atomic E-state index is 0.150. The van der Waals surface area contributed by atoms with Crippen molar-refractivity contribution in [1.82, 2.24) is 15.0 Å². The molecule has 1 aromatic heterocycles. The molecule has 0 unspecified atom stereocenters. The van der Waals surface area contributed by atoms with Gasteiger partial charge in [-0.25, -0.2) is 13.1 Å². The van der Waals surface area contributed by atoms with Crippen LogP contribution in [-0.4, -0.2) is 25.9 Å². The Kier molecular flexibility index (Phi) is 6.05. The number of nitrogens with one attached hydrogen (secondary N) is 2. The van der Waals surface area contributed by atoms with Crippen LogP contribution >= 0.6 is 0 Å². The van der Waals surface area contributed by atoms with Gasteiger partial charge in [-0.3, -0.25) is 9.78 Å². The fourth-order valence-electron chi connectivity index (χ4n) is 2.35. The number of aromatic nitrogens is 1. The van der Waals surface area contributed by atoms with Crippen LogP contribution in [-0.2, 0) is 27.1 Å². The highest BCUT2D eigenvalue weighted by Gasteiger charge is 2.14. The lowest BCUT2D eigenvalue weighted by atomic mass is 10.1. The van der Waals surface area contributed by atoms with Gasteiger partial charge in [0.2, 0.25) is 15.9 Å². The second-order valence-corrected chi connectivity index (χ2v) is 7.48. The number of hydrogen-bond donors (Lipinski definition) is 2. The third-order valence-electron chi connectivity index (χ3n) is 3.28. The number of rotatable bonds is 7. The molecule has 0 fully saturated rings. The molecule has 6 nitrogen and oxygen atoms in total. The number of benzene rings is 1. The maximum Gasteiger partial charge on any atom is 0.235 e. The van der Waals surface area contributed by atoms with E-state index < -0.39 is 15.9 Å². The molecule has 0 saturated carbocycles. The van der Waals surface area contributed by atoms with Crippen molar-refractivity contribution < 1.29 is 13.2 Å². The van der Waals surface area contributed by atoms with E-state index in [0.717, 1.165) is 11.1 Å². The van der Waals surface area contributed by atoms with Crippen LogP contribution < -0.4 is 10.0 Å². The molecule has 0 aliphatic heterocycles. The number of aryl methyl sites for hydroxylation is 2. The van der Waals surface area contributed by atoms with Gasteiger partial charge >= 0.3 is 0 Å². The molecule has 2 aromatic rings. The first-order valence-electron chi connectivity index (χ1n) is 7.55. The van der Waals surface area contributed by atoms with Gasteiger partial charge in [-0.15, -0.1) is 0 Å². The Bertz CT molecular complexity index is 785. The topological polar surface area (TPSA) is 88.2 Å². The van der Waals surface area contributed by atoms with Gasteiger partial charge in [-0.2, -0.15) is 0 Å². The molecule has 24 heavy (non-hydrogen) atoms. The fraction of sp³-hybridized carbons (Fsp3) is 0.294. The first-order valence-corrected chi connectivity index (χ1v) is 9.20. The molecule has 1 amide bonds. The smallest absolute Gasteiger partial charge is 0.235 e. The van der Waals surface area contributed by atoms with E-state index in [2.05, 4.69) is 15.0 Å². The molecule has 0 saturated heterocycles. The summed E-state index contributed by atoms with van der Waals surface area (Å²) in [7, 11) is -3.57. The van der Waals surface area contributed by atoms with E-state index in [4.69, 9.17) is 0 Å². The number of amides is 1. The summed E-state index contributed by atoms with van der Waals surface area (Å²) in [6.07, 6.45) is 1.63. The van der Waals surface area contributed by atoms with Crippen LogP contribution in [0.1, 0.15) is 22.4 Å². The molecule has 0 aliphatic rings. The molecule has 0 aliphatic carbocycles. The first-order chi connectivity index (χ1) is 11.3. The number of hydrogen-bond acceptors (Lipinski definition) is 4. The normalized spacial score (nSPS) is 11.2. The highest BCUT2D eigenvalue weighted by molar-refractivity contribution is 7.88. The zero-order valence-corrected chi connectivity index (χ0v) is 14.6. The van der Waals surface area contributed by atoms with Gasteiger partial charge in [-0.05, 0) is 31.5 Å². The molecule has 1 aromatic carbocycles. The lowest BCUT2D eigenvalue weighted by molar-refractivity contribution is -0.120. The molecule has 1 heterocycles. The summed E-state index contributed by atoms with van der Waals surface area (Å²) in [5.41, 5.74) is 3.43. The van der Waals surface area contributed by atoms with Crippen LogP contribution in [0.3, 0.4) is 0 Å². The molecular formula is C17H21N3O3S. The maximum absolute atomic E-state index is 12.1. The van der Waals surface area contributed by atoms with Gasteiger partial charge in [0.05, 0.1) is 24.5 Å². The summed E-state index contributed by atoms with van der Waals surface area (Å²) in [4.78, 5) is 15.8. The van der Waals surface area contributed by atoms with Crippen molar-refractivity contribution >= 4 is 15.9 Å². The Morgan fingerprint density at radius 1 is 1.12 bits per heavy atom. The minimum Gasteiger partial charge on any atom is -0.349 e. The summed E-state index contributed by atoms with van der Waals surface area (Å²) in [5, 5.41) is 2.63. The summed E-state index contributed by atoms with van der Waals surface area (Å²) in [6.45, 7) is 3.81. The Morgan fingerprint density at radius 3 is 2.46 bits per heavy atom. The van der Waals surface area contributed by atoms with E-state index in [0.29, 0.717) is 11.3 Å². The molecule has 0 radical (unpaired) electrons. The van der Waals surface area contributed by atoms with E-state index in [1.807, 2.05) is 38.1 Å². The van der Waals surface area contributed by atoms with Crippen molar-refractivity contribution in [2.75, 3.05) is 6.54 Å². The summed E-state index contributed by atoms with van der Waals surface area (Å²) in [5.74, 6) is -0.548. The summed E-state index contributed by atoms with van der Waals surface area (Å²) >= 11 is 0. The van der Waals surface area contributed by atoms with Crippen molar-refractivity contribution in [3.05, 3.63) is 65.0 Å². The third kappa shape index (κ3) is 6.10. The predicted octanol–water partition coefficient (Wildman–Crippen LogP) is 1.43. The van der Waals surface area contributed by atoms with Crippen molar-refractivity contribution in [1.29, 1.82) is 0 Å². The van der Waals surface area contributed by atoms with Gasteiger partial charge in [0.15, 0.2) is 0 Å². The predicted molar refractivity (Wildman–Crippen MR) is 92.6 cm³/mol. The largest absolute Gasteiger partial charge is 0.349 e. The van der Waals surface area contributed by atoms with Crippen LogP contribution in [0.25, 0.3) is 0 Å². The number of carbonyl (C=O) groups is 1. The summed E-state index contributed by atoms with van der Waals surface area (Å²) in [6, 6.07) is 11.0. The second-order valence-electron chi connectivity index (χ2n) is 5.67. The van der Waals surface area contributed by atoms with E-state index in [-0.39, 0.29) is 18.8 Å². The Hall–Kier alpha value is -2.25. The molecule has 0 spiro atoms. The van der Waals surface area contributed by atoms with E-state index in [9.17, 15) is 13.2 Å². The van der Waals surface area contributed by atoms with Gasteiger partial charge < -0.3 is 5.32 Å². The first kappa shape index (κ1) is 18.1. The van der Waals surface area contributed by atoms with Crippen LogP contribution in [0.5, 0.6) is 0 Å². The Balaban J connectivity index is 1.84. The van der Waals surface area contributed by atoms with Crippen molar-refractivity contribution in [3.63, 3.8) is 0 Å². The molecule has 0 bridgehead atoms. The molecule has 7 heteroatoms. The average Bonchev–Trinajstić information content (AvgIpc) is 2.50. The molecular weight excluding hydrogens is 326 g/mol. The Labute approximate surface area is 142 Å². The number of sulfonamides is 1. The van der Waals surface area contributed by atoms with E-state index in [1.165, 1.54) is 0 Å². The van der Waals surface area contributed by atoms with Crippen LogP contribution in [0.2, 0.25) is 0 Å². The van der Waals surface area contributed by atoms with Crippen molar-refractivity contribution in [2.45, 2.75) is 26.1 Å². The summed E-state index contributed by atoms with van der Waals surface area (Å²) < 4.78 is 26.5. The third-order valence-corrected chi connectivity index (χ3v) is 4.58. The van der Waals surface area contributed by atoms with Crippen LogP contribution in [0, 0.1) is 13.8 Å². The second kappa shape index (κ2) is 8.03. The van der Waals surface area contributed by atoms with Crippen molar-refractivity contribution in [2.24, 2.45) is 0 Å². The lowest BCUT2D eigenvalue weighted by Crippen LogP contribution is -2.37. The van der Waals surface area contributed by atoms with Gasteiger partial charge in [0.25, 0.3) is 0 Å². The number of pyridine rings is 1. The molecule has 2 N–H and O–H groups in total. The SMILES string of the molecule is Cc1cc(C)cc(CS(=O)(=O)NCC(=O)NCc2ccccn2)c1. The van der Waals surface area contributed by atoms with Gasteiger partial charge in [0, 0.05) is 6.20 Å².